The van der Waals surface area contributed by atoms with E-state index in [4.69, 9.17) is 4.74 Å². The zero-order chi connectivity index (χ0) is 21.0. The van der Waals surface area contributed by atoms with E-state index >= 15 is 0 Å². The van der Waals surface area contributed by atoms with Gasteiger partial charge >= 0.3 is 0 Å². The summed E-state index contributed by atoms with van der Waals surface area (Å²) < 4.78 is 6.35. The van der Waals surface area contributed by atoms with Gasteiger partial charge in [0.25, 0.3) is 0 Å². The predicted octanol–water partition coefficient (Wildman–Crippen LogP) is 6.50. The lowest BCUT2D eigenvalue weighted by molar-refractivity contribution is 0.200. The van der Waals surface area contributed by atoms with E-state index in [0.717, 1.165) is 66.3 Å². The Morgan fingerprint density at radius 1 is 1.28 bits per heavy atom. The molecule has 1 aliphatic rings. The van der Waals surface area contributed by atoms with E-state index in [1.807, 2.05) is 12.1 Å². The van der Waals surface area contributed by atoms with Crippen LogP contribution < -0.4 is 4.74 Å². The summed E-state index contributed by atoms with van der Waals surface area (Å²) in [6.45, 7) is 8.44. The molecular formula is C26H31NO2. The molecule has 3 rings (SSSR count). The van der Waals surface area contributed by atoms with Gasteiger partial charge in [0.1, 0.15) is 17.6 Å². The molecule has 0 fully saturated rings. The number of hydrogen-bond donors (Lipinski definition) is 1. The highest BCUT2D eigenvalue weighted by Crippen LogP contribution is 2.46. The largest absolute Gasteiger partial charge is 0.508 e. The van der Waals surface area contributed by atoms with Crippen molar-refractivity contribution in [2.75, 3.05) is 0 Å². The average Bonchev–Trinajstić information content (AvgIpc) is 2.89. The van der Waals surface area contributed by atoms with E-state index in [2.05, 4.69) is 45.9 Å². The van der Waals surface area contributed by atoms with Gasteiger partial charge in [-0.05, 0) is 68.7 Å². The summed E-state index contributed by atoms with van der Waals surface area (Å²) >= 11 is 0. The van der Waals surface area contributed by atoms with Crippen LogP contribution in [0.25, 0.3) is 11.1 Å². The molecule has 1 atom stereocenters. The normalized spacial score (nSPS) is 15.7. The monoisotopic (exact) mass is 389 g/mol. The van der Waals surface area contributed by atoms with E-state index < -0.39 is 0 Å². The van der Waals surface area contributed by atoms with Gasteiger partial charge in [-0.25, -0.2) is 0 Å². The SMILES string of the molecule is C/C=C(\C)CCCc1c(O)cc2c(c1CC)-c1c(C#N)cccc1CC(CC)O2. The molecule has 0 aliphatic carbocycles. The second kappa shape index (κ2) is 9.18. The van der Waals surface area contributed by atoms with E-state index in [1.54, 1.807) is 6.07 Å². The minimum Gasteiger partial charge on any atom is -0.508 e. The van der Waals surface area contributed by atoms with E-state index in [-0.39, 0.29) is 6.10 Å². The Bertz CT molecular complexity index is 966. The molecule has 1 unspecified atom stereocenters. The van der Waals surface area contributed by atoms with Crippen LogP contribution in [-0.2, 0) is 19.3 Å². The summed E-state index contributed by atoms with van der Waals surface area (Å²) in [5, 5.41) is 20.7. The Morgan fingerprint density at radius 2 is 2.07 bits per heavy atom. The Labute approximate surface area is 174 Å². The number of phenolic OH excluding ortho intramolecular Hbond substituents is 1. The standard InChI is InChI=1S/C26H31NO2/c1-5-17(4)10-8-13-22-21(7-3)26-24(15-23(22)28)29-20(6-2)14-18-11-9-12-19(16-27)25(18)26/h5,9,11-12,15,20,28H,6-8,10,13-14H2,1-4H3/b17-5+. The number of allylic oxidation sites excluding steroid dienone is 2. The molecule has 3 nitrogen and oxygen atoms in total. The molecular weight excluding hydrogens is 358 g/mol. The first-order valence-electron chi connectivity index (χ1n) is 10.7. The second-order valence-corrected chi connectivity index (χ2v) is 7.87. The van der Waals surface area contributed by atoms with Gasteiger partial charge in [-0.2, -0.15) is 5.26 Å². The first-order chi connectivity index (χ1) is 14.0. The molecule has 1 N–H and O–H groups in total. The number of nitriles is 1. The van der Waals surface area contributed by atoms with Crippen LogP contribution in [0, 0.1) is 11.3 Å². The predicted molar refractivity (Wildman–Crippen MR) is 118 cm³/mol. The lowest BCUT2D eigenvalue weighted by Gasteiger charge is -2.21. The first-order valence-corrected chi connectivity index (χ1v) is 10.7. The highest BCUT2D eigenvalue weighted by molar-refractivity contribution is 5.84. The third-order valence-electron chi connectivity index (χ3n) is 6.05. The first kappa shape index (κ1) is 21.0. The summed E-state index contributed by atoms with van der Waals surface area (Å²) in [4.78, 5) is 0. The van der Waals surface area contributed by atoms with Crippen molar-refractivity contribution in [3.8, 4) is 28.7 Å². The van der Waals surface area contributed by atoms with Crippen LogP contribution in [0.2, 0.25) is 0 Å². The highest BCUT2D eigenvalue weighted by Gasteiger charge is 2.28. The van der Waals surface area contributed by atoms with Crippen LogP contribution in [0.5, 0.6) is 11.5 Å². The molecule has 0 amide bonds. The molecule has 0 aromatic heterocycles. The van der Waals surface area contributed by atoms with Gasteiger partial charge < -0.3 is 9.84 Å². The van der Waals surface area contributed by atoms with Gasteiger partial charge in [-0.1, -0.05) is 37.6 Å². The Morgan fingerprint density at radius 3 is 2.72 bits per heavy atom. The molecule has 152 valence electrons. The summed E-state index contributed by atoms with van der Waals surface area (Å²) in [5.41, 5.74) is 7.30. The number of phenols is 1. The van der Waals surface area contributed by atoms with Crippen LogP contribution in [0.15, 0.2) is 35.9 Å². The molecule has 2 aromatic rings. The van der Waals surface area contributed by atoms with Gasteiger partial charge in [0.05, 0.1) is 11.6 Å². The van der Waals surface area contributed by atoms with Crippen molar-refractivity contribution >= 4 is 0 Å². The van der Waals surface area contributed by atoms with Crippen molar-refractivity contribution in [1.29, 1.82) is 5.26 Å². The number of nitrogens with zero attached hydrogens (tertiary/aromatic N) is 1. The van der Waals surface area contributed by atoms with Crippen molar-refractivity contribution in [1.82, 2.24) is 0 Å². The van der Waals surface area contributed by atoms with Crippen molar-refractivity contribution in [3.63, 3.8) is 0 Å². The summed E-state index contributed by atoms with van der Waals surface area (Å²) in [5.74, 6) is 1.02. The molecule has 0 saturated heterocycles. The maximum absolute atomic E-state index is 10.9. The van der Waals surface area contributed by atoms with Gasteiger partial charge in [0.15, 0.2) is 0 Å². The molecule has 0 bridgehead atoms. The fourth-order valence-corrected chi connectivity index (χ4v) is 4.31. The third-order valence-corrected chi connectivity index (χ3v) is 6.05. The lowest BCUT2D eigenvalue weighted by atomic mass is 9.85. The van der Waals surface area contributed by atoms with Crippen molar-refractivity contribution in [3.05, 3.63) is 58.2 Å². The summed E-state index contributed by atoms with van der Waals surface area (Å²) in [6, 6.07) is 10.1. The molecule has 0 saturated carbocycles. The highest BCUT2D eigenvalue weighted by atomic mass is 16.5. The van der Waals surface area contributed by atoms with Crippen molar-refractivity contribution in [2.24, 2.45) is 0 Å². The molecule has 2 aromatic carbocycles. The Hall–Kier alpha value is -2.73. The zero-order valence-electron chi connectivity index (χ0n) is 18.0. The zero-order valence-corrected chi connectivity index (χ0v) is 18.0. The molecule has 1 heterocycles. The Balaban J connectivity index is 2.20. The van der Waals surface area contributed by atoms with Gasteiger partial charge in [0, 0.05) is 23.6 Å². The van der Waals surface area contributed by atoms with Crippen molar-refractivity contribution in [2.45, 2.75) is 72.3 Å². The minimum absolute atomic E-state index is 0.0382. The number of benzene rings is 2. The third kappa shape index (κ3) is 4.17. The van der Waals surface area contributed by atoms with Gasteiger partial charge in [-0.15, -0.1) is 0 Å². The number of rotatable bonds is 6. The fraction of sp³-hybridized carbons (Fsp3) is 0.423. The van der Waals surface area contributed by atoms with Crippen LogP contribution in [0.4, 0.5) is 0 Å². The average molecular weight is 390 g/mol. The van der Waals surface area contributed by atoms with Crippen LogP contribution in [0.3, 0.4) is 0 Å². The topological polar surface area (TPSA) is 53.2 Å². The second-order valence-electron chi connectivity index (χ2n) is 7.87. The van der Waals surface area contributed by atoms with Gasteiger partial charge in [0.2, 0.25) is 0 Å². The molecule has 29 heavy (non-hydrogen) atoms. The Kier molecular flexibility index (Phi) is 6.64. The van der Waals surface area contributed by atoms with E-state index in [1.165, 1.54) is 5.57 Å². The molecule has 3 heteroatoms. The smallest absolute Gasteiger partial charge is 0.131 e. The fourth-order valence-electron chi connectivity index (χ4n) is 4.31. The number of hydrogen-bond acceptors (Lipinski definition) is 3. The quantitative estimate of drug-likeness (QED) is 0.574. The minimum atomic E-state index is 0.0382. The van der Waals surface area contributed by atoms with Crippen LogP contribution >= 0.6 is 0 Å². The number of fused-ring (bicyclic) bond motifs is 3. The van der Waals surface area contributed by atoms with E-state index in [9.17, 15) is 10.4 Å². The number of ether oxygens (including phenoxy) is 1. The maximum atomic E-state index is 10.9. The molecule has 0 spiro atoms. The van der Waals surface area contributed by atoms with Gasteiger partial charge in [-0.3, -0.25) is 0 Å². The van der Waals surface area contributed by atoms with Crippen LogP contribution in [-0.4, -0.2) is 11.2 Å². The molecule has 1 aliphatic heterocycles. The van der Waals surface area contributed by atoms with Crippen molar-refractivity contribution < 1.29 is 9.84 Å². The lowest BCUT2D eigenvalue weighted by Crippen LogP contribution is -2.17. The van der Waals surface area contributed by atoms with Crippen LogP contribution in [0.1, 0.15) is 69.2 Å². The summed E-state index contributed by atoms with van der Waals surface area (Å²) in [7, 11) is 0. The maximum Gasteiger partial charge on any atom is 0.131 e. The number of aromatic hydroxyl groups is 1. The summed E-state index contributed by atoms with van der Waals surface area (Å²) in [6.07, 6.45) is 7.44. The van der Waals surface area contributed by atoms with E-state index in [0.29, 0.717) is 17.1 Å². The molecule has 0 radical (unpaired) electrons.